The molecule has 14 heteroatoms. The number of rotatable bonds is 8. The van der Waals surface area contributed by atoms with Crippen molar-refractivity contribution in [2.24, 2.45) is 0 Å². The van der Waals surface area contributed by atoms with Crippen LogP contribution in [0.1, 0.15) is 6.42 Å². The number of sulfonamides is 2. The highest BCUT2D eigenvalue weighted by molar-refractivity contribution is 9.10. The van der Waals surface area contributed by atoms with Gasteiger partial charge < -0.3 is 0 Å². The summed E-state index contributed by atoms with van der Waals surface area (Å²) in [6.07, 6.45) is 2.48. The number of hydrogen-bond donors (Lipinski definition) is 2. The molecule has 2 N–H and O–H groups in total. The lowest BCUT2D eigenvalue weighted by Gasteiger charge is -2.09. The normalized spacial score (nSPS) is 12.3. The summed E-state index contributed by atoms with van der Waals surface area (Å²) < 4.78 is 54.1. The third-order valence-electron chi connectivity index (χ3n) is 3.10. The zero-order valence-corrected chi connectivity index (χ0v) is 19.6. The second-order valence-electron chi connectivity index (χ2n) is 5.04. The fourth-order valence-corrected chi connectivity index (χ4v) is 5.07. The van der Waals surface area contributed by atoms with Gasteiger partial charge in [0.15, 0.2) is 0 Å². The van der Waals surface area contributed by atoms with E-state index >= 15 is 0 Å². The zero-order chi connectivity index (χ0) is 20.2. The molecule has 27 heavy (non-hydrogen) atoms. The molecule has 2 aromatic heterocycles. The first-order valence-corrected chi connectivity index (χ1v) is 12.5. The van der Waals surface area contributed by atoms with Gasteiger partial charge >= 0.3 is 0 Å². The van der Waals surface area contributed by atoms with E-state index in [0.29, 0.717) is 8.95 Å². The second kappa shape index (κ2) is 9.44. The van der Waals surface area contributed by atoms with Crippen molar-refractivity contribution in [3.8, 4) is 0 Å². The molecule has 0 unspecified atom stereocenters. The van der Waals surface area contributed by atoms with Crippen LogP contribution in [0.2, 0.25) is 10.3 Å². The van der Waals surface area contributed by atoms with Crippen molar-refractivity contribution in [3.05, 3.63) is 43.8 Å². The Morgan fingerprint density at radius 1 is 0.815 bits per heavy atom. The minimum atomic E-state index is -3.79. The Balaban J connectivity index is 1.89. The maximum Gasteiger partial charge on any atom is 0.242 e. The van der Waals surface area contributed by atoms with Gasteiger partial charge in [0, 0.05) is 25.5 Å². The molecule has 0 aliphatic carbocycles. The van der Waals surface area contributed by atoms with Crippen LogP contribution in [0, 0.1) is 0 Å². The first-order valence-electron chi connectivity index (χ1n) is 7.14. The molecule has 2 aromatic rings. The first-order chi connectivity index (χ1) is 12.5. The summed E-state index contributed by atoms with van der Waals surface area (Å²) in [5, 5.41) is 0.290. The number of aromatic nitrogens is 2. The highest BCUT2D eigenvalue weighted by Gasteiger charge is 2.17. The third-order valence-corrected chi connectivity index (χ3v) is 8.22. The van der Waals surface area contributed by atoms with Crippen molar-refractivity contribution in [1.82, 2.24) is 19.4 Å². The summed E-state index contributed by atoms with van der Waals surface area (Å²) in [5.74, 6) is 0. The molecule has 0 saturated carbocycles. The van der Waals surface area contributed by atoms with Crippen LogP contribution < -0.4 is 9.44 Å². The summed E-state index contributed by atoms with van der Waals surface area (Å²) in [4.78, 5) is 7.40. The Kier molecular flexibility index (Phi) is 8.02. The summed E-state index contributed by atoms with van der Waals surface area (Å²) >= 11 is 17.7. The highest BCUT2D eigenvalue weighted by Crippen LogP contribution is 2.23. The van der Waals surface area contributed by atoms with Gasteiger partial charge in [-0.2, -0.15) is 0 Å². The molecule has 0 radical (unpaired) electrons. The molecular weight excluding hydrogens is 571 g/mol. The van der Waals surface area contributed by atoms with Crippen LogP contribution in [0.5, 0.6) is 0 Å². The van der Waals surface area contributed by atoms with Gasteiger partial charge in [-0.05, 0) is 50.4 Å². The predicted molar refractivity (Wildman–Crippen MR) is 109 cm³/mol. The average molecular weight is 583 g/mol. The summed E-state index contributed by atoms with van der Waals surface area (Å²) in [6.45, 7) is 0.0430. The Bertz CT molecular complexity index is 969. The second-order valence-corrected chi connectivity index (χ2v) is 11.0. The minimum absolute atomic E-state index is 0.0215. The molecule has 0 aliphatic rings. The smallest absolute Gasteiger partial charge is 0.242 e. The van der Waals surface area contributed by atoms with Crippen LogP contribution in [0.3, 0.4) is 0 Å². The quantitative estimate of drug-likeness (QED) is 0.365. The largest absolute Gasteiger partial charge is 0.242 e. The van der Waals surface area contributed by atoms with Gasteiger partial charge in [-0.25, -0.2) is 36.2 Å². The van der Waals surface area contributed by atoms with E-state index in [9.17, 15) is 16.8 Å². The lowest BCUT2D eigenvalue weighted by molar-refractivity contribution is 0.572. The Morgan fingerprint density at radius 3 is 1.52 bits per heavy atom. The fraction of sp³-hybridized carbons (Fsp3) is 0.231. The molecule has 0 saturated heterocycles. The van der Waals surface area contributed by atoms with Crippen molar-refractivity contribution in [1.29, 1.82) is 0 Å². The van der Waals surface area contributed by atoms with Crippen LogP contribution >= 0.6 is 55.1 Å². The van der Waals surface area contributed by atoms with E-state index < -0.39 is 20.0 Å². The molecular formula is C13H12Br2Cl2N4O4S2. The molecule has 0 atom stereocenters. The van der Waals surface area contributed by atoms with Gasteiger partial charge in [-0.1, -0.05) is 23.2 Å². The predicted octanol–water partition coefficient (Wildman–Crippen LogP) is 2.96. The number of hydrogen-bond acceptors (Lipinski definition) is 6. The molecule has 0 amide bonds. The van der Waals surface area contributed by atoms with Crippen LogP contribution in [0.15, 0.2) is 43.3 Å². The standard InChI is InChI=1S/C13H12Br2Cl2N4O4S2/c14-10-4-8(6-18-12(10)16)26(22,23)20-2-1-3-21-27(24,25)9-5-11(15)13(17)19-7-9/h4-7,20-21H,1-3H2. The molecule has 148 valence electrons. The van der Waals surface area contributed by atoms with E-state index in [1.54, 1.807) is 0 Å². The van der Waals surface area contributed by atoms with Gasteiger partial charge in [-0.15, -0.1) is 0 Å². The Labute approximate surface area is 183 Å². The molecule has 8 nitrogen and oxygen atoms in total. The van der Waals surface area contributed by atoms with Crippen LogP contribution in [-0.2, 0) is 20.0 Å². The highest BCUT2D eigenvalue weighted by atomic mass is 79.9. The van der Waals surface area contributed by atoms with Gasteiger partial charge in [-0.3, -0.25) is 0 Å². The van der Waals surface area contributed by atoms with E-state index in [2.05, 4.69) is 51.3 Å². The van der Waals surface area contributed by atoms with Crippen LogP contribution in [0.4, 0.5) is 0 Å². The van der Waals surface area contributed by atoms with Crippen molar-refractivity contribution in [2.75, 3.05) is 13.1 Å². The number of nitrogens with one attached hydrogen (secondary N) is 2. The number of halogens is 4. The van der Waals surface area contributed by atoms with E-state index in [1.807, 2.05) is 0 Å². The minimum Gasteiger partial charge on any atom is -0.242 e. The third kappa shape index (κ3) is 6.32. The topological polar surface area (TPSA) is 118 Å². The first kappa shape index (κ1) is 22.9. The molecule has 0 fully saturated rings. The lowest BCUT2D eigenvalue weighted by Crippen LogP contribution is -2.30. The van der Waals surface area contributed by atoms with Crippen molar-refractivity contribution in [3.63, 3.8) is 0 Å². The van der Waals surface area contributed by atoms with Gasteiger partial charge in [0.25, 0.3) is 0 Å². The van der Waals surface area contributed by atoms with E-state index in [1.165, 1.54) is 12.1 Å². The van der Waals surface area contributed by atoms with Crippen LogP contribution in [0.25, 0.3) is 0 Å². The number of nitrogens with zero attached hydrogens (tertiary/aromatic N) is 2. The van der Waals surface area contributed by atoms with E-state index in [4.69, 9.17) is 23.2 Å². The molecule has 2 rings (SSSR count). The zero-order valence-electron chi connectivity index (χ0n) is 13.3. The van der Waals surface area contributed by atoms with Crippen LogP contribution in [-0.4, -0.2) is 39.9 Å². The Morgan fingerprint density at radius 2 is 1.19 bits per heavy atom. The molecule has 0 aliphatic heterocycles. The maximum atomic E-state index is 12.2. The summed E-state index contributed by atoms with van der Waals surface area (Å²) in [5.41, 5.74) is 0. The van der Waals surface area contributed by atoms with Gasteiger partial charge in [0.1, 0.15) is 20.1 Å². The monoisotopic (exact) mass is 580 g/mol. The van der Waals surface area contributed by atoms with Crippen molar-refractivity contribution in [2.45, 2.75) is 16.2 Å². The van der Waals surface area contributed by atoms with Gasteiger partial charge in [0.2, 0.25) is 20.0 Å². The van der Waals surface area contributed by atoms with E-state index in [-0.39, 0.29) is 39.6 Å². The Hall–Kier alpha value is -0.340. The molecule has 2 heterocycles. The molecule has 0 aromatic carbocycles. The van der Waals surface area contributed by atoms with Crippen molar-refractivity contribution < 1.29 is 16.8 Å². The molecule has 0 spiro atoms. The lowest BCUT2D eigenvalue weighted by atomic mass is 10.4. The van der Waals surface area contributed by atoms with E-state index in [0.717, 1.165) is 12.4 Å². The van der Waals surface area contributed by atoms with Crippen molar-refractivity contribution >= 4 is 75.1 Å². The fourth-order valence-electron chi connectivity index (χ4n) is 1.77. The summed E-state index contributed by atoms with van der Waals surface area (Å²) in [7, 11) is -7.57. The summed E-state index contributed by atoms with van der Waals surface area (Å²) in [6, 6.07) is 2.65. The SMILES string of the molecule is O=S(=O)(NCCCNS(=O)(=O)c1cnc(Cl)c(Br)c1)c1cnc(Cl)c(Br)c1. The van der Waals surface area contributed by atoms with Gasteiger partial charge in [0.05, 0.1) is 8.95 Å². The maximum absolute atomic E-state index is 12.2. The average Bonchev–Trinajstić information content (AvgIpc) is 2.59. The number of pyridine rings is 2. The molecule has 0 bridgehead atoms.